The van der Waals surface area contributed by atoms with Gasteiger partial charge in [0, 0.05) is 30.8 Å². The van der Waals surface area contributed by atoms with Crippen LogP contribution in [0, 0.1) is 11.7 Å². The molecule has 1 aliphatic heterocycles. The van der Waals surface area contributed by atoms with Crippen LogP contribution in [-0.4, -0.2) is 31.4 Å². The first-order chi connectivity index (χ1) is 11.7. The number of aliphatic hydroxyl groups excluding tert-OH is 1. The second-order valence-electron chi connectivity index (χ2n) is 6.11. The molecule has 0 bridgehead atoms. The average Bonchev–Trinajstić information content (AvgIpc) is 2.86. The molecule has 2 aromatic rings. The van der Waals surface area contributed by atoms with Crippen LogP contribution >= 0.6 is 0 Å². The van der Waals surface area contributed by atoms with E-state index in [4.69, 9.17) is 10.5 Å². The first-order valence-corrected chi connectivity index (χ1v) is 8.28. The Morgan fingerprint density at radius 2 is 2.17 bits per heavy atom. The molecule has 3 rings (SSSR count). The summed E-state index contributed by atoms with van der Waals surface area (Å²) >= 11 is 0. The van der Waals surface area contributed by atoms with Crippen LogP contribution in [0.2, 0.25) is 0 Å². The fraction of sp³-hybridized carbons (Fsp3) is 0.368. The molecule has 4 N–H and O–H groups in total. The predicted octanol–water partition coefficient (Wildman–Crippen LogP) is 2.08. The Morgan fingerprint density at radius 1 is 1.29 bits per heavy atom. The van der Waals surface area contributed by atoms with E-state index in [9.17, 15) is 9.50 Å². The highest BCUT2D eigenvalue weighted by atomic mass is 19.1. The number of ether oxygens (including phenoxy) is 1. The maximum Gasteiger partial charge on any atom is 0.131 e. The number of nitrogens with one attached hydrogen (secondary N) is 1. The van der Waals surface area contributed by atoms with E-state index in [1.54, 1.807) is 6.07 Å². The van der Waals surface area contributed by atoms with Gasteiger partial charge in [0.15, 0.2) is 0 Å². The van der Waals surface area contributed by atoms with E-state index in [0.29, 0.717) is 25.1 Å². The molecule has 4 nitrogen and oxygen atoms in total. The minimum atomic E-state index is -0.268. The van der Waals surface area contributed by atoms with Gasteiger partial charge in [0.25, 0.3) is 0 Å². The summed E-state index contributed by atoms with van der Waals surface area (Å²) in [4.78, 5) is 0. The Balaban J connectivity index is 1.98. The van der Waals surface area contributed by atoms with Crippen LogP contribution in [-0.2, 0) is 13.0 Å². The average molecular weight is 330 g/mol. The smallest absolute Gasteiger partial charge is 0.131 e. The number of hydrogen-bond acceptors (Lipinski definition) is 4. The first-order valence-electron chi connectivity index (χ1n) is 8.28. The van der Waals surface area contributed by atoms with Crippen LogP contribution in [0.15, 0.2) is 36.4 Å². The molecule has 0 saturated heterocycles. The number of aliphatic hydroxyl groups is 1. The molecule has 0 radical (unpaired) electrons. The standard InChI is InChI=1S/C19H23FN2O2/c20-18-5-4-14(9-16(18)8-13(10-21)12-23)17-3-1-2-15-11-22-6-7-24-19(15)17/h1-5,9,13,22-23H,6-8,10-12,21H2. The maximum absolute atomic E-state index is 14.2. The zero-order valence-electron chi connectivity index (χ0n) is 13.6. The predicted molar refractivity (Wildman–Crippen MR) is 92.4 cm³/mol. The van der Waals surface area contributed by atoms with Gasteiger partial charge in [-0.05, 0) is 42.1 Å². The molecule has 2 aromatic carbocycles. The quantitative estimate of drug-likeness (QED) is 0.785. The van der Waals surface area contributed by atoms with Gasteiger partial charge in [-0.25, -0.2) is 4.39 Å². The van der Waals surface area contributed by atoms with Crippen LogP contribution in [0.1, 0.15) is 11.1 Å². The zero-order chi connectivity index (χ0) is 16.9. The molecule has 128 valence electrons. The molecule has 0 fully saturated rings. The lowest BCUT2D eigenvalue weighted by atomic mass is 9.94. The Hall–Kier alpha value is -1.95. The molecule has 1 aliphatic rings. The second-order valence-corrected chi connectivity index (χ2v) is 6.11. The van der Waals surface area contributed by atoms with Crippen molar-refractivity contribution < 1.29 is 14.2 Å². The number of fused-ring (bicyclic) bond motifs is 1. The lowest BCUT2D eigenvalue weighted by Gasteiger charge is -2.16. The molecule has 0 aromatic heterocycles. The first kappa shape index (κ1) is 16.9. The Kier molecular flexibility index (Phi) is 5.45. The molecule has 0 aliphatic carbocycles. The van der Waals surface area contributed by atoms with Gasteiger partial charge in [-0.15, -0.1) is 0 Å². The van der Waals surface area contributed by atoms with E-state index in [1.807, 2.05) is 24.3 Å². The second kappa shape index (κ2) is 7.75. The van der Waals surface area contributed by atoms with E-state index in [2.05, 4.69) is 5.32 Å². The highest BCUT2D eigenvalue weighted by Crippen LogP contribution is 2.35. The van der Waals surface area contributed by atoms with E-state index in [-0.39, 0.29) is 18.3 Å². The summed E-state index contributed by atoms with van der Waals surface area (Å²) in [5, 5.41) is 12.6. The number of halogens is 1. The van der Waals surface area contributed by atoms with Gasteiger partial charge >= 0.3 is 0 Å². The minimum absolute atomic E-state index is 0.0459. The molecule has 0 saturated carbocycles. The van der Waals surface area contributed by atoms with Crippen molar-refractivity contribution >= 4 is 0 Å². The van der Waals surface area contributed by atoms with Crippen molar-refractivity contribution in [3.05, 3.63) is 53.3 Å². The van der Waals surface area contributed by atoms with Crippen molar-refractivity contribution in [1.82, 2.24) is 5.32 Å². The molecule has 5 heteroatoms. The molecule has 1 unspecified atom stereocenters. The van der Waals surface area contributed by atoms with Crippen LogP contribution < -0.4 is 15.8 Å². The summed E-state index contributed by atoms with van der Waals surface area (Å²) in [5.74, 6) is 0.455. The number of para-hydroxylation sites is 1. The molecular weight excluding hydrogens is 307 g/mol. The minimum Gasteiger partial charge on any atom is -0.491 e. The van der Waals surface area contributed by atoms with Crippen molar-refractivity contribution in [2.24, 2.45) is 11.7 Å². The SMILES string of the molecule is NCC(CO)Cc1cc(-c2cccc3c2OCCNC3)ccc1F. The van der Waals surface area contributed by atoms with Gasteiger partial charge in [0.1, 0.15) is 18.2 Å². The normalized spacial score (nSPS) is 15.3. The third kappa shape index (κ3) is 3.59. The summed E-state index contributed by atoms with van der Waals surface area (Å²) < 4.78 is 20.1. The van der Waals surface area contributed by atoms with Crippen molar-refractivity contribution in [2.75, 3.05) is 26.3 Å². The summed E-state index contributed by atoms with van der Waals surface area (Å²) in [7, 11) is 0. The van der Waals surface area contributed by atoms with Crippen molar-refractivity contribution in [3.8, 4) is 16.9 Å². The number of rotatable bonds is 5. The molecule has 24 heavy (non-hydrogen) atoms. The van der Waals surface area contributed by atoms with Gasteiger partial charge < -0.3 is 20.9 Å². The van der Waals surface area contributed by atoms with E-state index >= 15 is 0 Å². The zero-order valence-corrected chi connectivity index (χ0v) is 13.6. The van der Waals surface area contributed by atoms with Crippen LogP contribution in [0.5, 0.6) is 5.75 Å². The molecule has 1 heterocycles. The van der Waals surface area contributed by atoms with Gasteiger partial charge in [-0.2, -0.15) is 0 Å². The van der Waals surface area contributed by atoms with Gasteiger partial charge in [-0.1, -0.05) is 24.3 Å². The van der Waals surface area contributed by atoms with E-state index in [0.717, 1.165) is 35.5 Å². The molecular formula is C19H23FN2O2. The molecule has 1 atom stereocenters. The van der Waals surface area contributed by atoms with Gasteiger partial charge in [0.2, 0.25) is 0 Å². The van der Waals surface area contributed by atoms with E-state index in [1.165, 1.54) is 6.07 Å². The highest BCUT2D eigenvalue weighted by Gasteiger charge is 2.16. The highest BCUT2D eigenvalue weighted by molar-refractivity contribution is 5.73. The Bertz CT molecular complexity index is 702. The van der Waals surface area contributed by atoms with Gasteiger partial charge in [0.05, 0.1) is 0 Å². The van der Waals surface area contributed by atoms with Crippen LogP contribution in [0.25, 0.3) is 11.1 Å². The summed E-state index contributed by atoms with van der Waals surface area (Å²) in [6, 6.07) is 11.1. The topological polar surface area (TPSA) is 67.5 Å². The van der Waals surface area contributed by atoms with Crippen LogP contribution in [0.3, 0.4) is 0 Å². The lowest BCUT2D eigenvalue weighted by molar-refractivity contribution is 0.229. The molecule has 0 spiro atoms. The molecule has 0 amide bonds. The third-order valence-corrected chi connectivity index (χ3v) is 4.39. The summed E-state index contributed by atoms with van der Waals surface area (Å²) in [5.41, 5.74) is 9.18. The van der Waals surface area contributed by atoms with Crippen molar-refractivity contribution in [2.45, 2.75) is 13.0 Å². The Morgan fingerprint density at radius 3 is 2.96 bits per heavy atom. The number of nitrogens with two attached hydrogens (primary N) is 1. The maximum atomic E-state index is 14.2. The van der Waals surface area contributed by atoms with Crippen molar-refractivity contribution in [3.63, 3.8) is 0 Å². The van der Waals surface area contributed by atoms with E-state index < -0.39 is 0 Å². The number of hydrogen-bond donors (Lipinski definition) is 3. The summed E-state index contributed by atoms with van der Waals surface area (Å²) in [6.45, 7) is 2.46. The Labute approximate surface area is 141 Å². The van der Waals surface area contributed by atoms with Gasteiger partial charge in [-0.3, -0.25) is 0 Å². The number of benzene rings is 2. The fourth-order valence-corrected chi connectivity index (χ4v) is 3.00. The van der Waals surface area contributed by atoms with Crippen LogP contribution in [0.4, 0.5) is 4.39 Å². The summed E-state index contributed by atoms with van der Waals surface area (Å²) in [6.07, 6.45) is 0.421. The fourth-order valence-electron chi connectivity index (χ4n) is 3.00. The monoisotopic (exact) mass is 330 g/mol. The largest absolute Gasteiger partial charge is 0.491 e. The van der Waals surface area contributed by atoms with Crippen molar-refractivity contribution in [1.29, 1.82) is 0 Å². The lowest BCUT2D eigenvalue weighted by Crippen LogP contribution is -2.20. The third-order valence-electron chi connectivity index (χ3n) is 4.39.